The first-order valence-electron chi connectivity index (χ1n) is 16.1. The monoisotopic (exact) mass is 598 g/mol. The number of hydrogen-bond donors (Lipinski definition) is 0. The van der Waals surface area contributed by atoms with Crippen LogP contribution in [0.25, 0.3) is 16.9 Å². The lowest BCUT2D eigenvalue weighted by atomic mass is 9.34. The van der Waals surface area contributed by atoms with Crippen LogP contribution in [0.15, 0.2) is 115 Å². The Morgan fingerprint density at radius 2 is 1.42 bits per heavy atom. The van der Waals surface area contributed by atoms with E-state index in [1.807, 2.05) is 0 Å². The Bertz CT molecular complexity index is 2150. The molecule has 5 aromatic carbocycles. The maximum Gasteiger partial charge on any atom is 0.258 e. The van der Waals surface area contributed by atoms with E-state index in [2.05, 4.69) is 151 Å². The van der Waals surface area contributed by atoms with Gasteiger partial charge in [0.15, 0.2) is 5.88 Å². The zero-order chi connectivity index (χ0) is 30.4. The number of fused-ring (bicyclic) bond motifs is 5. The number of nitrogens with zero attached hydrogens (tertiary/aromatic N) is 2. The Morgan fingerprint density at radius 3 is 2.13 bits per heavy atom. The average Bonchev–Trinajstić information content (AvgIpc) is 3.41. The first kappa shape index (κ1) is 26.6. The first-order chi connectivity index (χ1) is 21.8. The molecule has 9 rings (SSSR count). The van der Waals surface area contributed by atoms with Crippen LogP contribution in [-0.2, 0) is 12.8 Å². The van der Waals surface area contributed by atoms with E-state index in [0.717, 1.165) is 29.4 Å². The topological polar surface area (TPSA) is 17.4 Å². The maximum absolute atomic E-state index is 7.07. The fourth-order valence-electron chi connectivity index (χ4n) is 7.54. The minimum Gasteiger partial charge on any atom is -0.441 e. The van der Waals surface area contributed by atoms with Crippen molar-refractivity contribution in [2.24, 2.45) is 0 Å². The lowest BCUT2D eigenvalue weighted by molar-refractivity contribution is 0.458. The van der Waals surface area contributed by atoms with Gasteiger partial charge < -0.3 is 9.64 Å². The smallest absolute Gasteiger partial charge is 0.258 e. The zero-order valence-corrected chi connectivity index (χ0v) is 27.3. The summed E-state index contributed by atoms with van der Waals surface area (Å²) >= 11 is 0. The number of benzene rings is 5. The highest BCUT2D eigenvalue weighted by atomic mass is 28.3. The number of hydrogen-bond acceptors (Lipinski definition) is 2. The second kappa shape index (κ2) is 9.63. The molecule has 0 bridgehead atoms. The normalized spacial score (nSPS) is 14.1. The van der Waals surface area contributed by atoms with Crippen molar-refractivity contribution >= 4 is 53.4 Å². The zero-order valence-electron chi connectivity index (χ0n) is 26.3. The van der Waals surface area contributed by atoms with Crippen LogP contribution in [0.2, 0.25) is 19.6 Å². The van der Waals surface area contributed by atoms with Crippen molar-refractivity contribution in [1.29, 1.82) is 0 Å². The summed E-state index contributed by atoms with van der Waals surface area (Å²) in [6.07, 6.45) is 2.35. The molecular formula is C40H35BN2OSi. The summed E-state index contributed by atoms with van der Waals surface area (Å²) < 4.78 is 9.38. The van der Waals surface area contributed by atoms with Crippen molar-refractivity contribution in [2.75, 3.05) is 4.90 Å². The number of rotatable bonds is 4. The van der Waals surface area contributed by atoms with Crippen LogP contribution in [0, 0.1) is 6.92 Å². The lowest BCUT2D eigenvalue weighted by Gasteiger charge is -2.41. The summed E-state index contributed by atoms with van der Waals surface area (Å²) in [6.45, 7) is 9.59. The van der Waals surface area contributed by atoms with Crippen LogP contribution in [0.4, 0.5) is 17.1 Å². The molecule has 2 aliphatic heterocycles. The molecule has 0 spiro atoms. The molecule has 0 fully saturated rings. The van der Waals surface area contributed by atoms with Gasteiger partial charge in [0.25, 0.3) is 6.71 Å². The quantitative estimate of drug-likeness (QED) is 0.195. The molecule has 218 valence electrons. The highest BCUT2D eigenvalue weighted by Gasteiger charge is 2.44. The van der Waals surface area contributed by atoms with Gasteiger partial charge in [-0.3, -0.25) is 4.57 Å². The van der Waals surface area contributed by atoms with Crippen LogP contribution >= 0.6 is 0 Å². The SMILES string of the molecule is Cc1cc2c3c(c1)N(c1ccc4c(c1)CC4)c1cc([Si](C)(C)C)ccc1B3c1cc(-c3ccccc3)n(-c3ccccc3)c1O2. The fourth-order valence-corrected chi connectivity index (χ4v) is 8.70. The van der Waals surface area contributed by atoms with Crippen molar-refractivity contribution in [3.8, 4) is 28.6 Å². The van der Waals surface area contributed by atoms with E-state index in [9.17, 15) is 0 Å². The molecule has 0 atom stereocenters. The van der Waals surface area contributed by atoms with Gasteiger partial charge in [0, 0.05) is 22.7 Å². The molecule has 6 aromatic rings. The summed E-state index contributed by atoms with van der Waals surface area (Å²) in [4.78, 5) is 2.53. The van der Waals surface area contributed by atoms with Gasteiger partial charge in [-0.2, -0.15) is 0 Å². The predicted octanol–water partition coefficient (Wildman–Crippen LogP) is 7.50. The van der Waals surface area contributed by atoms with E-state index < -0.39 is 8.07 Å². The molecule has 0 saturated heterocycles. The van der Waals surface area contributed by atoms with Crippen LogP contribution in [0.3, 0.4) is 0 Å². The van der Waals surface area contributed by atoms with Crippen molar-refractivity contribution < 1.29 is 4.74 Å². The Balaban J connectivity index is 1.35. The largest absolute Gasteiger partial charge is 0.441 e. The molecule has 0 amide bonds. The van der Waals surface area contributed by atoms with Gasteiger partial charge in [0.1, 0.15) is 5.75 Å². The van der Waals surface area contributed by atoms with Crippen molar-refractivity contribution in [3.05, 3.63) is 132 Å². The molecule has 45 heavy (non-hydrogen) atoms. The maximum atomic E-state index is 7.07. The number of para-hydroxylation sites is 1. The van der Waals surface area contributed by atoms with E-state index in [1.165, 1.54) is 67.3 Å². The summed E-state index contributed by atoms with van der Waals surface area (Å²) in [5.74, 6) is 1.86. The number of aromatic nitrogens is 1. The van der Waals surface area contributed by atoms with Gasteiger partial charge in [0.05, 0.1) is 13.8 Å². The highest BCUT2D eigenvalue weighted by Crippen LogP contribution is 2.44. The predicted molar refractivity (Wildman–Crippen MR) is 192 cm³/mol. The average molecular weight is 599 g/mol. The Kier molecular flexibility index (Phi) is 5.70. The minimum atomic E-state index is -1.58. The molecule has 3 nitrogen and oxygen atoms in total. The summed E-state index contributed by atoms with van der Waals surface area (Å²) in [5, 5.41) is 1.48. The third-order valence-corrected chi connectivity index (χ3v) is 12.0. The van der Waals surface area contributed by atoms with Crippen molar-refractivity contribution in [1.82, 2.24) is 4.57 Å². The van der Waals surface area contributed by atoms with E-state index in [-0.39, 0.29) is 6.71 Å². The molecule has 0 radical (unpaired) electrons. The van der Waals surface area contributed by atoms with Crippen LogP contribution in [0.1, 0.15) is 16.7 Å². The van der Waals surface area contributed by atoms with Crippen molar-refractivity contribution in [3.63, 3.8) is 0 Å². The van der Waals surface area contributed by atoms with Gasteiger partial charge in [-0.15, -0.1) is 0 Å². The third kappa shape index (κ3) is 4.03. The Morgan fingerprint density at radius 1 is 0.667 bits per heavy atom. The van der Waals surface area contributed by atoms with Gasteiger partial charge in [-0.1, -0.05) is 91.6 Å². The summed E-state index contributed by atoms with van der Waals surface area (Å²) in [7, 11) is -1.58. The van der Waals surface area contributed by atoms with Gasteiger partial charge in [-0.05, 0) is 107 Å². The highest BCUT2D eigenvalue weighted by molar-refractivity contribution is 6.99. The molecule has 1 aromatic heterocycles. The van der Waals surface area contributed by atoms with E-state index in [4.69, 9.17) is 4.74 Å². The van der Waals surface area contributed by atoms with E-state index in [1.54, 1.807) is 0 Å². The van der Waals surface area contributed by atoms with E-state index in [0.29, 0.717) is 0 Å². The molecule has 1 aliphatic carbocycles. The molecular weight excluding hydrogens is 563 g/mol. The van der Waals surface area contributed by atoms with Crippen LogP contribution in [-0.4, -0.2) is 19.4 Å². The van der Waals surface area contributed by atoms with Crippen LogP contribution < -0.4 is 31.2 Å². The lowest BCUT2D eigenvalue weighted by Crippen LogP contribution is -2.60. The standard InChI is InChI=1S/C40H35BN2OSi/c1-26-21-37-39-38(22-26)44-40-34(25-35(28-11-7-5-8-12-28)43(40)30-13-9-6-10-14-30)41(39)33-20-19-32(45(2,3)4)24-36(33)42(37)31-18-17-27-15-16-29(27)23-31/h5-14,17-25H,15-16H2,1-4H3. The van der Waals surface area contributed by atoms with Gasteiger partial charge in [0.2, 0.25) is 0 Å². The van der Waals surface area contributed by atoms with E-state index >= 15 is 0 Å². The van der Waals surface area contributed by atoms with Gasteiger partial charge in [-0.25, -0.2) is 0 Å². The number of ether oxygens (including phenoxy) is 1. The van der Waals surface area contributed by atoms with Crippen LogP contribution in [0.5, 0.6) is 11.6 Å². The third-order valence-electron chi connectivity index (χ3n) is 9.94. The number of anilines is 3. The second-order valence-electron chi connectivity index (χ2n) is 13.9. The minimum absolute atomic E-state index is 0.0559. The fraction of sp³-hybridized carbons (Fsp3) is 0.150. The second-order valence-corrected chi connectivity index (χ2v) is 18.9. The Hall–Kier alpha value is -4.74. The molecule has 3 aliphatic rings. The molecule has 0 saturated carbocycles. The summed E-state index contributed by atoms with van der Waals surface area (Å²) in [6, 6.07) is 42.8. The Labute approximate surface area is 266 Å². The van der Waals surface area contributed by atoms with Gasteiger partial charge >= 0.3 is 0 Å². The van der Waals surface area contributed by atoms with Crippen molar-refractivity contribution in [2.45, 2.75) is 39.4 Å². The first-order valence-corrected chi connectivity index (χ1v) is 19.6. The molecule has 5 heteroatoms. The summed E-state index contributed by atoms with van der Waals surface area (Å²) in [5.41, 5.74) is 15.2. The molecule has 0 N–H and O–H groups in total. The number of aryl methyl sites for hydroxylation is 3. The molecule has 0 unspecified atom stereocenters. The molecule has 3 heterocycles.